The fourth-order valence-electron chi connectivity index (χ4n) is 2.32. The zero-order valence-corrected chi connectivity index (χ0v) is 12.7. The van der Waals surface area contributed by atoms with Crippen molar-refractivity contribution in [2.75, 3.05) is 6.61 Å². The molecule has 1 aliphatic rings. The summed E-state index contributed by atoms with van der Waals surface area (Å²) >= 11 is 0. The summed E-state index contributed by atoms with van der Waals surface area (Å²) in [6.45, 7) is 1.37. The molecule has 1 aromatic rings. The number of aryl methyl sites for hydroxylation is 1. The number of carbonyl (C=O) groups excluding carboxylic acids is 2. The summed E-state index contributed by atoms with van der Waals surface area (Å²) in [7, 11) is 0. The highest BCUT2D eigenvalue weighted by molar-refractivity contribution is 5.81. The molecule has 5 nitrogen and oxygen atoms in total. The van der Waals surface area contributed by atoms with E-state index >= 15 is 0 Å². The Kier molecular flexibility index (Phi) is 5.16. The molecule has 1 N–H and O–H groups in total. The average Bonchev–Trinajstić information content (AvgIpc) is 3.37. The lowest BCUT2D eigenvalue weighted by Gasteiger charge is -2.22. The van der Waals surface area contributed by atoms with Crippen LogP contribution in [0.25, 0.3) is 0 Å². The number of benzene rings is 1. The minimum absolute atomic E-state index is 0.204. The molecule has 0 aromatic heterocycles. The Balaban J connectivity index is 1.69. The molecule has 0 unspecified atom stereocenters. The number of rotatable bonds is 7. The summed E-state index contributed by atoms with van der Waals surface area (Å²) in [5.41, 5.74) is 0.197. The zero-order chi connectivity index (χ0) is 16.0. The van der Waals surface area contributed by atoms with Gasteiger partial charge < -0.3 is 10.1 Å². The molecule has 0 heterocycles. The van der Waals surface area contributed by atoms with Gasteiger partial charge in [0, 0.05) is 6.42 Å². The summed E-state index contributed by atoms with van der Waals surface area (Å²) in [4.78, 5) is 23.4. The maximum absolute atomic E-state index is 11.8. The summed E-state index contributed by atoms with van der Waals surface area (Å²) in [6, 6.07) is 11.7. The van der Waals surface area contributed by atoms with Gasteiger partial charge in [0.05, 0.1) is 6.07 Å². The Morgan fingerprint density at radius 2 is 2.05 bits per heavy atom. The third-order valence-corrected chi connectivity index (χ3v) is 3.85. The summed E-state index contributed by atoms with van der Waals surface area (Å²) in [5, 5.41) is 11.8. The van der Waals surface area contributed by atoms with Gasteiger partial charge in [0.2, 0.25) is 0 Å². The van der Waals surface area contributed by atoms with Crippen molar-refractivity contribution in [2.24, 2.45) is 5.92 Å². The van der Waals surface area contributed by atoms with Crippen molar-refractivity contribution in [3.05, 3.63) is 35.9 Å². The van der Waals surface area contributed by atoms with Crippen LogP contribution >= 0.6 is 0 Å². The number of hydrogen-bond acceptors (Lipinski definition) is 4. The lowest BCUT2D eigenvalue weighted by atomic mass is 9.98. The molecule has 1 amide bonds. The SMILES string of the molecule is C[C@@](C#N)(NC(=O)COC(=O)CCc1ccccc1)C1CC1. The van der Waals surface area contributed by atoms with Crippen molar-refractivity contribution in [2.45, 2.75) is 38.1 Å². The van der Waals surface area contributed by atoms with Crippen molar-refractivity contribution in [1.82, 2.24) is 5.32 Å². The minimum atomic E-state index is -0.854. The quantitative estimate of drug-likeness (QED) is 0.781. The summed E-state index contributed by atoms with van der Waals surface area (Å²) < 4.78 is 4.96. The van der Waals surface area contributed by atoms with Crippen LogP contribution in [0, 0.1) is 17.2 Å². The average molecular weight is 300 g/mol. The molecule has 1 aliphatic carbocycles. The van der Waals surface area contributed by atoms with E-state index < -0.39 is 17.4 Å². The Morgan fingerprint density at radius 3 is 2.64 bits per heavy atom. The third-order valence-electron chi connectivity index (χ3n) is 3.85. The van der Waals surface area contributed by atoms with Crippen LogP contribution in [0.2, 0.25) is 0 Å². The Labute approximate surface area is 130 Å². The smallest absolute Gasteiger partial charge is 0.306 e. The summed E-state index contributed by atoms with van der Waals surface area (Å²) in [6.07, 6.45) is 2.71. The van der Waals surface area contributed by atoms with Crippen molar-refractivity contribution in [3.63, 3.8) is 0 Å². The number of carbonyl (C=O) groups is 2. The highest BCUT2D eigenvalue weighted by Crippen LogP contribution is 2.39. The van der Waals surface area contributed by atoms with Crippen LogP contribution in [0.3, 0.4) is 0 Å². The van der Waals surface area contributed by atoms with Gasteiger partial charge in [0.25, 0.3) is 5.91 Å². The van der Waals surface area contributed by atoms with Gasteiger partial charge in [-0.05, 0) is 37.7 Å². The Bertz CT molecular complexity index is 575. The number of nitrogens with zero attached hydrogens (tertiary/aromatic N) is 1. The van der Waals surface area contributed by atoms with E-state index in [1.165, 1.54) is 0 Å². The molecule has 0 bridgehead atoms. The van der Waals surface area contributed by atoms with Crippen LogP contribution in [0.15, 0.2) is 30.3 Å². The number of nitriles is 1. The first kappa shape index (κ1) is 16.0. The third kappa shape index (κ3) is 4.59. The van der Waals surface area contributed by atoms with Crippen LogP contribution in [0.4, 0.5) is 0 Å². The van der Waals surface area contributed by atoms with Crippen molar-refractivity contribution < 1.29 is 14.3 Å². The van der Waals surface area contributed by atoms with E-state index in [4.69, 9.17) is 10.00 Å². The van der Waals surface area contributed by atoms with Crippen LogP contribution in [-0.4, -0.2) is 24.0 Å². The molecule has 1 saturated carbocycles. The second-order valence-electron chi connectivity index (χ2n) is 5.78. The molecule has 2 rings (SSSR count). The van der Waals surface area contributed by atoms with Gasteiger partial charge in [-0.15, -0.1) is 0 Å². The van der Waals surface area contributed by atoms with E-state index in [1.54, 1.807) is 6.92 Å². The van der Waals surface area contributed by atoms with E-state index in [-0.39, 0.29) is 18.9 Å². The Hall–Kier alpha value is -2.35. The van der Waals surface area contributed by atoms with Gasteiger partial charge in [-0.2, -0.15) is 5.26 Å². The van der Waals surface area contributed by atoms with Gasteiger partial charge >= 0.3 is 5.97 Å². The number of hydrogen-bond donors (Lipinski definition) is 1. The van der Waals surface area contributed by atoms with E-state index in [0.717, 1.165) is 18.4 Å². The van der Waals surface area contributed by atoms with Crippen molar-refractivity contribution in [1.29, 1.82) is 5.26 Å². The van der Waals surface area contributed by atoms with Gasteiger partial charge in [0.15, 0.2) is 6.61 Å². The molecule has 1 fully saturated rings. The zero-order valence-electron chi connectivity index (χ0n) is 12.7. The highest BCUT2D eigenvalue weighted by atomic mass is 16.5. The molecule has 0 saturated heterocycles. The predicted molar refractivity (Wildman–Crippen MR) is 80.6 cm³/mol. The fourth-order valence-corrected chi connectivity index (χ4v) is 2.32. The molecule has 22 heavy (non-hydrogen) atoms. The molecule has 116 valence electrons. The largest absolute Gasteiger partial charge is 0.456 e. The predicted octanol–water partition coefficient (Wildman–Crippen LogP) is 1.97. The first-order chi connectivity index (χ1) is 10.5. The van der Waals surface area contributed by atoms with E-state index in [2.05, 4.69) is 11.4 Å². The minimum Gasteiger partial charge on any atom is -0.456 e. The highest BCUT2D eigenvalue weighted by Gasteiger charge is 2.43. The van der Waals surface area contributed by atoms with E-state index in [0.29, 0.717) is 6.42 Å². The normalized spacial score (nSPS) is 16.2. The van der Waals surface area contributed by atoms with Crippen LogP contribution < -0.4 is 5.32 Å². The first-order valence-electron chi connectivity index (χ1n) is 7.45. The lowest BCUT2D eigenvalue weighted by molar-refractivity contribution is -0.148. The molecule has 0 spiro atoms. The van der Waals surface area contributed by atoms with Crippen molar-refractivity contribution >= 4 is 11.9 Å². The first-order valence-corrected chi connectivity index (χ1v) is 7.45. The maximum Gasteiger partial charge on any atom is 0.306 e. The van der Waals surface area contributed by atoms with Crippen LogP contribution in [0.1, 0.15) is 31.7 Å². The van der Waals surface area contributed by atoms with Crippen LogP contribution in [-0.2, 0) is 20.7 Å². The number of esters is 1. The topological polar surface area (TPSA) is 79.2 Å². The van der Waals surface area contributed by atoms with Gasteiger partial charge in [-0.3, -0.25) is 9.59 Å². The lowest BCUT2D eigenvalue weighted by Crippen LogP contribution is -2.48. The number of amides is 1. The number of nitrogens with one attached hydrogen (secondary N) is 1. The number of ether oxygens (including phenoxy) is 1. The van der Waals surface area contributed by atoms with E-state index in [9.17, 15) is 9.59 Å². The van der Waals surface area contributed by atoms with Gasteiger partial charge in [0.1, 0.15) is 5.54 Å². The van der Waals surface area contributed by atoms with Gasteiger partial charge in [-0.1, -0.05) is 30.3 Å². The summed E-state index contributed by atoms with van der Waals surface area (Å²) in [5.74, 6) is -0.636. The molecule has 1 atom stereocenters. The van der Waals surface area contributed by atoms with Crippen molar-refractivity contribution in [3.8, 4) is 6.07 Å². The molecule has 0 aliphatic heterocycles. The van der Waals surface area contributed by atoms with E-state index in [1.807, 2.05) is 30.3 Å². The van der Waals surface area contributed by atoms with Crippen LogP contribution in [0.5, 0.6) is 0 Å². The molecule has 5 heteroatoms. The van der Waals surface area contributed by atoms with Gasteiger partial charge in [-0.25, -0.2) is 0 Å². The molecular weight excluding hydrogens is 280 g/mol. The maximum atomic E-state index is 11.8. The molecule has 0 radical (unpaired) electrons. The second-order valence-corrected chi connectivity index (χ2v) is 5.78. The fraction of sp³-hybridized carbons (Fsp3) is 0.471. The second kappa shape index (κ2) is 7.08. The molecular formula is C17H20N2O3. The monoisotopic (exact) mass is 300 g/mol. The Morgan fingerprint density at radius 1 is 1.36 bits per heavy atom. The standard InChI is InChI=1S/C17H20N2O3/c1-17(12-18,14-8-9-14)19-15(20)11-22-16(21)10-7-13-5-3-2-4-6-13/h2-6,14H,7-11H2,1H3,(H,19,20)/t17-/m0/s1. The molecule has 1 aromatic carbocycles.